The van der Waals surface area contributed by atoms with Crippen molar-refractivity contribution in [3.63, 3.8) is 0 Å². The van der Waals surface area contributed by atoms with Crippen molar-refractivity contribution in [2.75, 3.05) is 57.8 Å². The molecule has 4 heterocycles. The van der Waals surface area contributed by atoms with Gasteiger partial charge in [-0.05, 0) is 102 Å². The second-order valence-corrected chi connectivity index (χ2v) is 19.7. The van der Waals surface area contributed by atoms with Gasteiger partial charge in [0, 0.05) is 68.0 Å². The topological polar surface area (TPSA) is 264 Å². The van der Waals surface area contributed by atoms with E-state index in [-0.39, 0.29) is 79.2 Å². The number of rotatable bonds is 26. The van der Waals surface area contributed by atoms with Crippen LogP contribution in [-0.4, -0.2) is 146 Å². The van der Waals surface area contributed by atoms with Crippen molar-refractivity contribution in [2.45, 2.75) is 110 Å². The molecule has 0 fully saturated rings. The van der Waals surface area contributed by atoms with E-state index >= 15 is 0 Å². The molecule has 0 saturated heterocycles. The van der Waals surface area contributed by atoms with Crippen LogP contribution >= 0.6 is 0 Å². The number of aliphatic hydroxyl groups excluding tert-OH is 1. The third kappa shape index (κ3) is 14.9. The molecule has 7 amide bonds. The van der Waals surface area contributed by atoms with Crippen molar-refractivity contribution in [3.8, 4) is 23.0 Å². The number of amides is 7. The molecule has 3 aromatic carbocycles. The van der Waals surface area contributed by atoms with Gasteiger partial charge in [0.25, 0.3) is 17.7 Å². The highest BCUT2D eigenvalue weighted by molar-refractivity contribution is 6.13. The lowest BCUT2D eigenvalue weighted by molar-refractivity contribution is -0.137. The second kappa shape index (κ2) is 27.2. The molecule has 4 aliphatic rings. The SMILES string of the molecule is COc1cc(C=O)c(/N=C\C2CC(C)=CN2C)cc1OCCCCCOc1cc2c(cc1OC)C(=O)N1C=C(C)CC1C(O)N2C(=O)OCc1ccc(NC(=O)C(C)NC(=O)CNC(=O)CCCCCN2C(=O)C=CC2=O)cc1. The number of aliphatic imine (C=N–C) groups is 1. The number of hydrogen-bond donors (Lipinski definition) is 4. The molecule has 7 rings (SSSR count). The average molecular weight is 1090 g/mol. The highest BCUT2D eigenvalue weighted by Crippen LogP contribution is 2.42. The molecule has 22 heteroatoms. The van der Waals surface area contributed by atoms with Crippen LogP contribution in [0.2, 0.25) is 0 Å². The van der Waals surface area contributed by atoms with Crippen LogP contribution < -0.4 is 39.8 Å². The highest BCUT2D eigenvalue weighted by Gasteiger charge is 2.45. The second-order valence-electron chi connectivity index (χ2n) is 19.7. The number of nitrogens with zero attached hydrogens (tertiary/aromatic N) is 5. The summed E-state index contributed by atoms with van der Waals surface area (Å²) in [5.41, 5.74) is 4.00. The van der Waals surface area contributed by atoms with Crippen molar-refractivity contribution in [2.24, 2.45) is 4.99 Å². The molecule has 4 unspecified atom stereocenters. The summed E-state index contributed by atoms with van der Waals surface area (Å²) in [6, 6.07) is 11.0. The lowest BCUT2D eigenvalue weighted by Gasteiger charge is -2.31. The molecule has 420 valence electrons. The van der Waals surface area contributed by atoms with Gasteiger partial charge in [0.15, 0.2) is 35.5 Å². The number of benzene rings is 3. The van der Waals surface area contributed by atoms with E-state index in [2.05, 4.69) is 39.0 Å². The Morgan fingerprint density at radius 3 is 2.13 bits per heavy atom. The average Bonchev–Trinajstić information content (AvgIpc) is 4.20. The molecule has 0 aromatic heterocycles. The maximum absolute atomic E-state index is 14.1. The summed E-state index contributed by atoms with van der Waals surface area (Å²) >= 11 is 0. The van der Waals surface area contributed by atoms with Gasteiger partial charge >= 0.3 is 6.09 Å². The minimum atomic E-state index is -1.52. The minimum Gasteiger partial charge on any atom is -0.493 e. The lowest BCUT2D eigenvalue weighted by Crippen LogP contribution is -2.50. The van der Waals surface area contributed by atoms with E-state index < -0.39 is 42.1 Å². The van der Waals surface area contributed by atoms with Crippen LogP contribution in [0.5, 0.6) is 23.0 Å². The van der Waals surface area contributed by atoms with Gasteiger partial charge in [-0.3, -0.25) is 43.5 Å². The number of methoxy groups -OCH3 is 2. The Hall–Kier alpha value is -8.53. The predicted molar refractivity (Wildman–Crippen MR) is 291 cm³/mol. The number of imide groups is 1. The lowest BCUT2D eigenvalue weighted by atomic mass is 10.1. The molecule has 22 nitrogen and oxygen atoms in total. The zero-order valence-electron chi connectivity index (χ0n) is 45.3. The molecule has 0 aliphatic carbocycles. The Balaban J connectivity index is 0.894. The van der Waals surface area contributed by atoms with Crippen molar-refractivity contribution in [1.29, 1.82) is 0 Å². The van der Waals surface area contributed by atoms with Gasteiger partial charge in [-0.15, -0.1) is 0 Å². The third-order valence-electron chi connectivity index (χ3n) is 13.7. The Morgan fingerprint density at radius 1 is 0.810 bits per heavy atom. The van der Waals surface area contributed by atoms with Crippen molar-refractivity contribution in [3.05, 3.63) is 101 Å². The molecular weight excluding hydrogens is 1020 g/mol. The number of fused-ring (bicyclic) bond motifs is 2. The quantitative estimate of drug-likeness (QED) is 0.0307. The van der Waals surface area contributed by atoms with Crippen LogP contribution in [0, 0.1) is 0 Å². The number of carbonyl (C=O) groups excluding carboxylic acids is 8. The Bertz CT molecular complexity index is 2900. The van der Waals surface area contributed by atoms with Gasteiger partial charge in [0.2, 0.25) is 17.7 Å². The van der Waals surface area contributed by atoms with Crippen molar-refractivity contribution in [1.82, 2.24) is 25.3 Å². The van der Waals surface area contributed by atoms with E-state index in [0.717, 1.165) is 28.1 Å². The fourth-order valence-electron chi connectivity index (χ4n) is 9.37. The number of hydrogen-bond acceptors (Lipinski definition) is 16. The van der Waals surface area contributed by atoms with Gasteiger partial charge < -0.3 is 54.5 Å². The van der Waals surface area contributed by atoms with E-state index in [4.69, 9.17) is 23.7 Å². The van der Waals surface area contributed by atoms with Gasteiger partial charge in [0.1, 0.15) is 12.6 Å². The molecular formula is C57H68N8O14. The zero-order valence-corrected chi connectivity index (χ0v) is 45.3. The van der Waals surface area contributed by atoms with Crippen LogP contribution in [0.15, 0.2) is 89.2 Å². The summed E-state index contributed by atoms with van der Waals surface area (Å²) < 4.78 is 29.3. The first-order valence-electron chi connectivity index (χ1n) is 26.2. The number of unbranched alkanes of at least 4 members (excludes halogenated alkanes) is 4. The molecule has 0 bridgehead atoms. The highest BCUT2D eigenvalue weighted by atomic mass is 16.6. The maximum Gasteiger partial charge on any atom is 0.416 e. The van der Waals surface area contributed by atoms with Crippen molar-refractivity contribution >= 4 is 71.1 Å². The third-order valence-corrected chi connectivity index (χ3v) is 13.7. The van der Waals surface area contributed by atoms with Gasteiger partial charge in [0.05, 0.1) is 63.0 Å². The van der Waals surface area contributed by atoms with E-state index in [1.54, 1.807) is 42.6 Å². The Kier molecular flexibility index (Phi) is 20.0. The molecule has 79 heavy (non-hydrogen) atoms. The zero-order chi connectivity index (χ0) is 56.8. The number of carbonyl (C=O) groups is 8. The first-order valence-corrected chi connectivity index (χ1v) is 26.2. The molecule has 4 N–H and O–H groups in total. The first kappa shape index (κ1) is 58.2. The summed E-state index contributed by atoms with van der Waals surface area (Å²) in [6.07, 6.45) is 11.2. The van der Waals surface area contributed by atoms with E-state index in [0.29, 0.717) is 85.6 Å². The maximum atomic E-state index is 14.1. The summed E-state index contributed by atoms with van der Waals surface area (Å²) in [6.45, 7) is 5.64. The van der Waals surface area contributed by atoms with E-state index in [1.165, 1.54) is 55.9 Å². The summed E-state index contributed by atoms with van der Waals surface area (Å²) in [4.78, 5) is 112. The van der Waals surface area contributed by atoms with Crippen LogP contribution in [0.4, 0.5) is 21.9 Å². The Morgan fingerprint density at radius 2 is 1.47 bits per heavy atom. The monoisotopic (exact) mass is 1090 g/mol. The van der Waals surface area contributed by atoms with E-state index in [9.17, 15) is 43.5 Å². The molecule has 0 saturated carbocycles. The smallest absolute Gasteiger partial charge is 0.416 e. The molecule has 4 aliphatic heterocycles. The number of ether oxygens (including phenoxy) is 5. The number of anilines is 2. The fourth-order valence-corrected chi connectivity index (χ4v) is 9.37. The summed E-state index contributed by atoms with van der Waals surface area (Å²) in [5.74, 6) is -1.27. The molecule has 3 aromatic rings. The number of aliphatic hydroxyl groups is 1. The Labute approximate surface area is 458 Å². The van der Waals surface area contributed by atoms with Crippen LogP contribution in [0.1, 0.15) is 105 Å². The standard InChI is InChI=1S/C57H68N8O14/c1-35-23-41(62(4)31-35)29-58-43-27-48(46(75-5)25-39(43)33-66)77-21-11-8-12-22-78-49-28-44-42(26-47(49)76-6)55(72)64-32-36(2)24-45(64)56(73)65(44)57(74)79-34-38-14-16-40(17-15-38)61-54(71)37(3)60-51(68)30-59-50(67)13-9-7-10-20-63-52(69)18-19-53(63)70/h14-19,25-29,31-33,37,41,45,56,73H,7-13,20-24,30,34H2,1-6H3,(H,59,67)(H,60,68)(H,61,71)/b58-29-. The minimum absolute atomic E-state index is 0.0620. The first-order chi connectivity index (χ1) is 38.0. The molecule has 4 atom stereocenters. The van der Waals surface area contributed by atoms with Gasteiger partial charge in [-0.25, -0.2) is 9.69 Å². The van der Waals surface area contributed by atoms with Crippen LogP contribution in [-0.2, 0) is 35.3 Å². The van der Waals surface area contributed by atoms with Crippen LogP contribution in [0.3, 0.4) is 0 Å². The fraction of sp³-hybridized carbons (Fsp3) is 0.421. The number of nitrogens with one attached hydrogen (secondary N) is 3. The molecule has 0 radical (unpaired) electrons. The summed E-state index contributed by atoms with van der Waals surface area (Å²) in [5, 5.41) is 19.7. The van der Waals surface area contributed by atoms with Crippen LogP contribution in [0.25, 0.3) is 0 Å². The summed E-state index contributed by atoms with van der Waals surface area (Å²) in [7, 11) is 4.93. The molecule has 0 spiro atoms. The van der Waals surface area contributed by atoms with Gasteiger partial charge in [-0.2, -0.15) is 0 Å². The van der Waals surface area contributed by atoms with Gasteiger partial charge in [-0.1, -0.05) is 29.7 Å². The van der Waals surface area contributed by atoms with Crippen molar-refractivity contribution < 1.29 is 67.1 Å². The predicted octanol–water partition coefficient (Wildman–Crippen LogP) is 6.09. The van der Waals surface area contributed by atoms with E-state index in [1.807, 2.05) is 20.2 Å². The number of aldehydes is 1. The normalized spacial score (nSPS) is 17.9. The largest absolute Gasteiger partial charge is 0.493 e.